The Morgan fingerprint density at radius 3 is 2.42 bits per heavy atom. The summed E-state index contributed by atoms with van der Waals surface area (Å²) in [7, 11) is 0. The van der Waals surface area contributed by atoms with Crippen molar-refractivity contribution in [3.63, 3.8) is 0 Å². The highest BCUT2D eigenvalue weighted by Gasteiger charge is 2.28. The van der Waals surface area contributed by atoms with Crippen molar-refractivity contribution < 1.29 is 14.0 Å². The molecule has 0 saturated carbocycles. The van der Waals surface area contributed by atoms with Gasteiger partial charge in [-0.3, -0.25) is 9.59 Å². The maximum atomic E-state index is 13.5. The van der Waals surface area contributed by atoms with Gasteiger partial charge in [0.2, 0.25) is 0 Å². The number of hydrogen-bond acceptors (Lipinski definition) is 3. The number of nitrogens with one attached hydrogen (secondary N) is 1. The fraction of sp³-hybridized carbons (Fsp3) is 0.200. The van der Waals surface area contributed by atoms with Gasteiger partial charge in [-0.25, -0.2) is 4.39 Å². The number of rotatable bonds is 3. The lowest BCUT2D eigenvalue weighted by Crippen LogP contribution is -2.50. The first kappa shape index (κ1) is 16.3. The normalized spacial score (nSPS) is 14.7. The molecule has 0 radical (unpaired) electrons. The maximum absolute atomic E-state index is 13.5. The van der Waals surface area contributed by atoms with Crippen LogP contribution < -0.4 is 4.90 Å². The number of anilines is 1. The monoisotopic (exact) mass is 351 g/mol. The second-order valence-corrected chi connectivity index (χ2v) is 6.34. The van der Waals surface area contributed by atoms with Crippen LogP contribution in [0.25, 0.3) is 10.9 Å². The van der Waals surface area contributed by atoms with E-state index in [-0.39, 0.29) is 5.56 Å². The number of carbonyl (C=O) groups is 2. The number of piperazine rings is 1. The molecule has 5 nitrogen and oxygen atoms in total. The number of amides is 1. The Hall–Kier alpha value is -3.15. The number of aromatic amines is 1. The Balaban J connectivity index is 1.48. The zero-order valence-electron chi connectivity index (χ0n) is 14.1. The van der Waals surface area contributed by atoms with Crippen LogP contribution in [-0.2, 0) is 4.79 Å². The average Bonchev–Trinajstić information content (AvgIpc) is 3.10. The minimum absolute atomic E-state index is 0.218. The third kappa shape index (κ3) is 2.94. The number of fused-ring (bicyclic) bond motifs is 1. The summed E-state index contributed by atoms with van der Waals surface area (Å²) >= 11 is 0. The summed E-state index contributed by atoms with van der Waals surface area (Å²) in [4.78, 5) is 31.9. The summed E-state index contributed by atoms with van der Waals surface area (Å²) < 4.78 is 13.5. The number of ketones is 1. The molecule has 0 atom stereocenters. The first-order valence-electron chi connectivity index (χ1n) is 8.54. The second-order valence-electron chi connectivity index (χ2n) is 6.34. The standard InChI is InChI=1S/C20H18FN3O2/c21-14-6-7-18-16(12-14)17(13-22-18)19(25)20(26)24-10-8-23(9-11-24)15-4-2-1-3-5-15/h1-7,12-13,22H,8-11H2. The number of para-hydroxylation sites is 1. The molecule has 1 aromatic heterocycles. The molecule has 4 rings (SSSR count). The van der Waals surface area contributed by atoms with Crippen LogP contribution in [0.1, 0.15) is 10.4 Å². The molecule has 1 fully saturated rings. The van der Waals surface area contributed by atoms with E-state index in [4.69, 9.17) is 0 Å². The van der Waals surface area contributed by atoms with Gasteiger partial charge in [-0.05, 0) is 30.3 Å². The molecule has 1 N–H and O–H groups in total. The van der Waals surface area contributed by atoms with Gasteiger partial charge in [-0.15, -0.1) is 0 Å². The van der Waals surface area contributed by atoms with Crippen LogP contribution in [0.2, 0.25) is 0 Å². The van der Waals surface area contributed by atoms with Gasteiger partial charge in [0.1, 0.15) is 5.82 Å². The van der Waals surface area contributed by atoms with Gasteiger partial charge in [0, 0.05) is 49.0 Å². The van der Waals surface area contributed by atoms with Crippen LogP contribution >= 0.6 is 0 Å². The zero-order valence-corrected chi connectivity index (χ0v) is 14.1. The van der Waals surface area contributed by atoms with E-state index in [1.165, 1.54) is 18.3 Å². The van der Waals surface area contributed by atoms with Crippen LogP contribution in [0, 0.1) is 5.82 Å². The fourth-order valence-electron chi connectivity index (χ4n) is 3.35. The van der Waals surface area contributed by atoms with E-state index in [1.807, 2.05) is 30.3 Å². The van der Waals surface area contributed by atoms with Gasteiger partial charge in [0.05, 0.1) is 5.56 Å². The molecule has 1 saturated heterocycles. The number of carbonyl (C=O) groups excluding carboxylic acids is 2. The van der Waals surface area contributed by atoms with Crippen LogP contribution in [-0.4, -0.2) is 47.8 Å². The van der Waals surface area contributed by atoms with E-state index in [0.717, 1.165) is 5.69 Å². The Labute approximate surface area is 150 Å². The van der Waals surface area contributed by atoms with Gasteiger partial charge in [0.25, 0.3) is 11.7 Å². The van der Waals surface area contributed by atoms with Crippen LogP contribution in [0.5, 0.6) is 0 Å². The lowest BCUT2D eigenvalue weighted by Gasteiger charge is -2.35. The Morgan fingerprint density at radius 2 is 1.69 bits per heavy atom. The lowest BCUT2D eigenvalue weighted by molar-refractivity contribution is -0.126. The highest BCUT2D eigenvalue weighted by Crippen LogP contribution is 2.21. The minimum Gasteiger partial charge on any atom is -0.368 e. The molecule has 2 aromatic carbocycles. The molecule has 6 heteroatoms. The molecular formula is C20H18FN3O2. The topological polar surface area (TPSA) is 56.4 Å². The van der Waals surface area contributed by atoms with Gasteiger partial charge >= 0.3 is 0 Å². The number of aromatic nitrogens is 1. The summed E-state index contributed by atoms with van der Waals surface area (Å²) in [6, 6.07) is 14.1. The Bertz CT molecular complexity index is 960. The van der Waals surface area contributed by atoms with Crippen molar-refractivity contribution in [3.8, 4) is 0 Å². The SMILES string of the molecule is O=C(C(=O)N1CCN(c2ccccc2)CC1)c1c[nH]c2ccc(F)cc12. The number of H-pyrrole nitrogens is 1. The molecule has 26 heavy (non-hydrogen) atoms. The number of benzene rings is 2. The van der Waals surface area contributed by atoms with Crippen LogP contribution in [0.4, 0.5) is 10.1 Å². The van der Waals surface area contributed by atoms with Gasteiger partial charge in [-0.2, -0.15) is 0 Å². The molecule has 0 unspecified atom stereocenters. The molecule has 3 aromatic rings. The van der Waals surface area contributed by atoms with E-state index < -0.39 is 17.5 Å². The number of Topliss-reactive ketones (excluding diaryl/α,β-unsaturated/α-hetero) is 1. The van der Waals surface area contributed by atoms with Gasteiger partial charge in [0.15, 0.2) is 0 Å². The average molecular weight is 351 g/mol. The molecule has 1 aliphatic heterocycles. The number of halogens is 1. The third-order valence-electron chi connectivity index (χ3n) is 4.77. The lowest BCUT2D eigenvalue weighted by atomic mass is 10.1. The first-order chi connectivity index (χ1) is 12.6. The van der Waals surface area contributed by atoms with E-state index in [9.17, 15) is 14.0 Å². The highest BCUT2D eigenvalue weighted by atomic mass is 19.1. The van der Waals surface area contributed by atoms with Crippen molar-refractivity contribution in [2.75, 3.05) is 31.1 Å². The summed E-state index contributed by atoms with van der Waals surface area (Å²) in [6.07, 6.45) is 1.48. The number of nitrogens with zero attached hydrogens (tertiary/aromatic N) is 2. The number of hydrogen-bond donors (Lipinski definition) is 1. The summed E-state index contributed by atoms with van der Waals surface area (Å²) in [6.45, 7) is 2.31. The van der Waals surface area contributed by atoms with Gasteiger partial charge < -0.3 is 14.8 Å². The highest BCUT2D eigenvalue weighted by molar-refractivity contribution is 6.44. The minimum atomic E-state index is -0.602. The van der Waals surface area contributed by atoms with Crippen molar-refractivity contribution in [3.05, 3.63) is 66.1 Å². The molecule has 132 valence electrons. The predicted molar refractivity (Wildman–Crippen MR) is 97.8 cm³/mol. The molecule has 0 bridgehead atoms. The van der Waals surface area contributed by atoms with Gasteiger partial charge in [-0.1, -0.05) is 18.2 Å². The van der Waals surface area contributed by atoms with Crippen molar-refractivity contribution >= 4 is 28.3 Å². The Kier molecular flexibility index (Phi) is 4.16. The second kappa shape index (κ2) is 6.63. The molecule has 1 aliphatic rings. The third-order valence-corrected chi connectivity index (χ3v) is 4.77. The van der Waals surface area contributed by atoms with Crippen molar-refractivity contribution in [1.29, 1.82) is 0 Å². The first-order valence-corrected chi connectivity index (χ1v) is 8.54. The van der Waals surface area contributed by atoms with Crippen LogP contribution in [0.15, 0.2) is 54.7 Å². The fourth-order valence-corrected chi connectivity index (χ4v) is 3.35. The smallest absolute Gasteiger partial charge is 0.295 e. The zero-order chi connectivity index (χ0) is 18.1. The summed E-state index contributed by atoms with van der Waals surface area (Å²) in [5, 5.41) is 0.436. The van der Waals surface area contributed by atoms with Crippen molar-refractivity contribution in [1.82, 2.24) is 9.88 Å². The van der Waals surface area contributed by atoms with E-state index in [0.29, 0.717) is 37.1 Å². The van der Waals surface area contributed by atoms with Crippen LogP contribution in [0.3, 0.4) is 0 Å². The summed E-state index contributed by atoms with van der Waals surface area (Å²) in [5.41, 5.74) is 1.96. The molecule has 0 spiro atoms. The molecule has 2 heterocycles. The molecule has 0 aliphatic carbocycles. The largest absolute Gasteiger partial charge is 0.368 e. The maximum Gasteiger partial charge on any atom is 0.295 e. The summed E-state index contributed by atoms with van der Waals surface area (Å²) in [5.74, 6) is -1.58. The van der Waals surface area contributed by atoms with Crippen molar-refractivity contribution in [2.24, 2.45) is 0 Å². The molecular weight excluding hydrogens is 333 g/mol. The van der Waals surface area contributed by atoms with E-state index in [1.54, 1.807) is 11.0 Å². The Morgan fingerprint density at radius 1 is 0.962 bits per heavy atom. The van der Waals surface area contributed by atoms with E-state index in [2.05, 4.69) is 9.88 Å². The van der Waals surface area contributed by atoms with Crippen molar-refractivity contribution in [2.45, 2.75) is 0 Å². The molecule has 1 amide bonds. The van der Waals surface area contributed by atoms with E-state index >= 15 is 0 Å². The predicted octanol–water partition coefficient (Wildman–Crippen LogP) is 2.84. The quantitative estimate of drug-likeness (QED) is 0.583.